The van der Waals surface area contributed by atoms with Crippen LogP contribution < -0.4 is 0 Å². The summed E-state index contributed by atoms with van der Waals surface area (Å²) in [6.45, 7) is 0. The van der Waals surface area contributed by atoms with Gasteiger partial charge in [-0.3, -0.25) is 4.79 Å². The number of rotatable bonds is 2. The highest BCUT2D eigenvalue weighted by molar-refractivity contribution is 7.90. The van der Waals surface area contributed by atoms with Crippen LogP contribution in [0.1, 0.15) is 17.7 Å². The van der Waals surface area contributed by atoms with Gasteiger partial charge in [0.25, 0.3) is 0 Å². The first-order chi connectivity index (χ1) is 7.88. The van der Waals surface area contributed by atoms with Gasteiger partial charge in [0.05, 0.1) is 5.92 Å². The van der Waals surface area contributed by atoms with Crippen molar-refractivity contribution in [3.05, 3.63) is 17.5 Å². The summed E-state index contributed by atoms with van der Waals surface area (Å²) in [5, 5.41) is 8.72. The molecule has 6 nitrogen and oxygen atoms in total. The first kappa shape index (κ1) is 12.0. The minimum atomic E-state index is -3.40. The molecular weight excluding hydrogens is 244 g/mol. The van der Waals surface area contributed by atoms with Gasteiger partial charge in [-0.05, 0) is 24.8 Å². The van der Waals surface area contributed by atoms with E-state index < -0.39 is 21.7 Å². The molecule has 0 aliphatic heterocycles. The van der Waals surface area contributed by atoms with Gasteiger partial charge in [-0.25, -0.2) is 18.4 Å². The molecule has 1 aliphatic carbocycles. The summed E-state index contributed by atoms with van der Waals surface area (Å²) in [7, 11) is -3.40. The van der Waals surface area contributed by atoms with Gasteiger partial charge in [0.2, 0.25) is 15.0 Å². The first-order valence-corrected chi connectivity index (χ1v) is 7.04. The highest BCUT2D eigenvalue weighted by atomic mass is 32.2. The molecule has 0 fully saturated rings. The average molecular weight is 256 g/mol. The maximum Gasteiger partial charge on any atom is 0.306 e. The lowest BCUT2D eigenvalue weighted by molar-refractivity contribution is -0.142. The molecule has 17 heavy (non-hydrogen) atoms. The molecule has 0 unspecified atom stereocenters. The van der Waals surface area contributed by atoms with Gasteiger partial charge in [0.15, 0.2) is 0 Å². The minimum Gasteiger partial charge on any atom is -0.481 e. The Morgan fingerprint density at radius 3 is 2.82 bits per heavy atom. The van der Waals surface area contributed by atoms with Crippen molar-refractivity contribution in [3.8, 4) is 0 Å². The molecule has 2 rings (SSSR count). The number of nitrogens with zero attached hydrogens (tertiary/aromatic N) is 2. The number of carboxylic acids is 1. The molecule has 0 amide bonds. The van der Waals surface area contributed by atoms with E-state index >= 15 is 0 Å². The number of hydrogen-bond donors (Lipinski definition) is 1. The molecule has 0 spiro atoms. The average Bonchev–Trinajstić information content (AvgIpc) is 2.26. The molecule has 1 aromatic rings. The summed E-state index contributed by atoms with van der Waals surface area (Å²) in [5.41, 5.74) is 1.38. The molecule has 92 valence electrons. The lowest BCUT2D eigenvalue weighted by Crippen LogP contribution is -2.24. The molecule has 1 N–H and O–H groups in total. The van der Waals surface area contributed by atoms with E-state index in [0.717, 1.165) is 11.8 Å². The zero-order valence-corrected chi connectivity index (χ0v) is 10.1. The second-order valence-electron chi connectivity index (χ2n) is 4.17. The number of aliphatic carboxylic acids is 1. The van der Waals surface area contributed by atoms with Crippen molar-refractivity contribution in [3.63, 3.8) is 0 Å². The summed E-state index contributed by atoms with van der Waals surface area (Å²) >= 11 is 0. The van der Waals surface area contributed by atoms with Crippen molar-refractivity contribution < 1.29 is 18.3 Å². The van der Waals surface area contributed by atoms with Crippen LogP contribution in [0.2, 0.25) is 0 Å². The zero-order chi connectivity index (χ0) is 12.6. The van der Waals surface area contributed by atoms with Crippen molar-refractivity contribution >= 4 is 15.8 Å². The van der Waals surface area contributed by atoms with Crippen LogP contribution in [0.25, 0.3) is 0 Å². The maximum atomic E-state index is 11.3. The van der Waals surface area contributed by atoms with Gasteiger partial charge in [-0.1, -0.05) is 0 Å². The Kier molecular flexibility index (Phi) is 2.86. The second-order valence-corrected chi connectivity index (χ2v) is 6.08. The normalized spacial score (nSPS) is 19.7. The molecule has 0 saturated carbocycles. The van der Waals surface area contributed by atoms with Crippen LogP contribution in [-0.4, -0.2) is 35.7 Å². The molecule has 0 radical (unpaired) electrons. The summed E-state index contributed by atoms with van der Waals surface area (Å²) in [4.78, 5) is 18.6. The van der Waals surface area contributed by atoms with Crippen molar-refractivity contribution in [1.29, 1.82) is 0 Å². The third kappa shape index (κ3) is 2.44. The van der Waals surface area contributed by atoms with E-state index in [4.69, 9.17) is 5.11 Å². The number of fused-ring (bicyclic) bond motifs is 1. The molecule has 1 aliphatic rings. The number of sulfone groups is 1. The molecule has 0 saturated heterocycles. The van der Waals surface area contributed by atoms with E-state index in [1.807, 2.05) is 0 Å². The van der Waals surface area contributed by atoms with Gasteiger partial charge in [0.1, 0.15) is 0 Å². The number of hydrogen-bond acceptors (Lipinski definition) is 5. The SMILES string of the molecule is CS(=O)(=O)c1ncc2c(n1)CC[C@@H](C(=O)O)C2. The smallest absolute Gasteiger partial charge is 0.306 e. The van der Waals surface area contributed by atoms with Crippen LogP contribution in [0, 0.1) is 5.92 Å². The molecule has 1 atom stereocenters. The Balaban J connectivity index is 2.35. The number of aromatic nitrogens is 2. The molecule has 0 bridgehead atoms. The Hall–Kier alpha value is -1.50. The minimum absolute atomic E-state index is 0.190. The Bertz CT molecular complexity index is 568. The first-order valence-electron chi connectivity index (χ1n) is 5.15. The van der Waals surface area contributed by atoms with Crippen molar-refractivity contribution in [2.75, 3.05) is 6.26 Å². The fraction of sp³-hybridized carbons (Fsp3) is 0.500. The van der Waals surface area contributed by atoms with Crippen LogP contribution in [0.4, 0.5) is 0 Å². The lowest BCUT2D eigenvalue weighted by Gasteiger charge is -2.20. The fourth-order valence-corrected chi connectivity index (χ4v) is 2.40. The summed E-state index contributed by atoms with van der Waals surface area (Å²) < 4.78 is 22.5. The van der Waals surface area contributed by atoms with Crippen LogP contribution in [0.15, 0.2) is 11.4 Å². The van der Waals surface area contributed by atoms with Crippen LogP contribution in [0.5, 0.6) is 0 Å². The van der Waals surface area contributed by atoms with Crippen LogP contribution in [-0.2, 0) is 27.5 Å². The standard InChI is InChI=1S/C10H12N2O4S/c1-17(15,16)10-11-5-7-4-6(9(13)14)2-3-8(7)12-10/h5-6H,2-4H2,1H3,(H,13,14)/t6-/m1/s1. The third-order valence-corrected chi connectivity index (χ3v) is 3.67. The quantitative estimate of drug-likeness (QED) is 0.752. The lowest BCUT2D eigenvalue weighted by atomic mass is 9.87. The van der Waals surface area contributed by atoms with Crippen molar-refractivity contribution in [2.45, 2.75) is 24.4 Å². The fourth-order valence-electron chi connectivity index (χ4n) is 1.88. The van der Waals surface area contributed by atoms with Crippen molar-refractivity contribution in [2.24, 2.45) is 5.92 Å². The highest BCUT2D eigenvalue weighted by Gasteiger charge is 2.26. The van der Waals surface area contributed by atoms with Gasteiger partial charge in [0, 0.05) is 18.1 Å². The Labute approximate surface area is 98.6 Å². The summed E-state index contributed by atoms with van der Waals surface area (Å²) in [5.74, 6) is -1.25. The topological polar surface area (TPSA) is 97.2 Å². The predicted octanol–water partition coefficient (Wildman–Crippen LogP) is 0.0696. The van der Waals surface area contributed by atoms with Gasteiger partial charge in [-0.2, -0.15) is 0 Å². The largest absolute Gasteiger partial charge is 0.481 e. The molecule has 1 aromatic heterocycles. The number of carbonyl (C=O) groups is 1. The van der Waals surface area contributed by atoms with E-state index in [2.05, 4.69) is 9.97 Å². The number of carboxylic acid groups (broad SMARTS) is 1. The molecule has 1 heterocycles. The van der Waals surface area contributed by atoms with Gasteiger partial charge in [-0.15, -0.1) is 0 Å². The van der Waals surface area contributed by atoms with E-state index in [1.54, 1.807) is 0 Å². The van der Waals surface area contributed by atoms with Gasteiger partial charge >= 0.3 is 5.97 Å². The van der Waals surface area contributed by atoms with E-state index in [1.165, 1.54) is 6.20 Å². The van der Waals surface area contributed by atoms with E-state index in [9.17, 15) is 13.2 Å². The predicted molar refractivity (Wildman–Crippen MR) is 58.3 cm³/mol. The van der Waals surface area contributed by atoms with E-state index in [0.29, 0.717) is 25.0 Å². The van der Waals surface area contributed by atoms with Crippen molar-refractivity contribution in [1.82, 2.24) is 9.97 Å². The highest BCUT2D eigenvalue weighted by Crippen LogP contribution is 2.24. The molecule has 0 aromatic carbocycles. The summed E-state index contributed by atoms with van der Waals surface area (Å²) in [6.07, 6.45) is 3.82. The van der Waals surface area contributed by atoms with E-state index in [-0.39, 0.29) is 5.16 Å². The monoisotopic (exact) mass is 256 g/mol. The Morgan fingerprint density at radius 1 is 1.53 bits per heavy atom. The van der Waals surface area contributed by atoms with Crippen LogP contribution >= 0.6 is 0 Å². The van der Waals surface area contributed by atoms with Crippen LogP contribution in [0.3, 0.4) is 0 Å². The third-order valence-electron chi connectivity index (χ3n) is 2.81. The maximum absolute atomic E-state index is 11.3. The molecular formula is C10H12N2O4S. The van der Waals surface area contributed by atoms with Gasteiger partial charge < -0.3 is 5.11 Å². The zero-order valence-electron chi connectivity index (χ0n) is 9.25. The second kappa shape index (κ2) is 4.06. The summed E-state index contributed by atoms with van der Waals surface area (Å²) in [6, 6.07) is 0. The number of aryl methyl sites for hydroxylation is 1. The molecule has 7 heteroatoms. The Morgan fingerprint density at radius 2 is 2.24 bits per heavy atom.